The predicted molar refractivity (Wildman–Crippen MR) is 160 cm³/mol. The maximum Gasteiger partial charge on any atom is 0.229 e. The van der Waals surface area contributed by atoms with Gasteiger partial charge in [0.15, 0.2) is 9.84 Å². The smallest absolute Gasteiger partial charge is 0.229 e. The molecule has 10 heteroatoms. The maximum absolute atomic E-state index is 12.4. The molecule has 0 atom stereocenters. The SMILES string of the molecule is COc1cc(N2CCC(N3CCC3)CC2)ccc1Nc1nc(Nc2ccccc2S(C)(=O)=O)c2ccccc2n1. The van der Waals surface area contributed by atoms with Gasteiger partial charge in [-0.2, -0.15) is 4.98 Å². The summed E-state index contributed by atoms with van der Waals surface area (Å²) in [4.78, 5) is 14.7. The van der Waals surface area contributed by atoms with Gasteiger partial charge in [-0.3, -0.25) is 0 Å². The Morgan fingerprint density at radius 3 is 2.35 bits per heavy atom. The van der Waals surface area contributed by atoms with Crippen LogP contribution in [0.5, 0.6) is 5.75 Å². The van der Waals surface area contributed by atoms with Crippen molar-refractivity contribution in [3.05, 3.63) is 66.7 Å². The van der Waals surface area contributed by atoms with Gasteiger partial charge < -0.3 is 25.2 Å². The number of para-hydroxylation sites is 2. The number of aromatic nitrogens is 2. The number of sulfone groups is 1. The standard InChI is InChI=1S/C30H34N6O3S/c1-39-27-20-22(36-18-14-21(15-19-36)35-16-7-17-35)12-13-25(27)33-30-32-24-9-4-3-8-23(24)29(34-30)31-26-10-5-6-11-28(26)40(2,37)38/h3-6,8-13,20-21H,7,14-19H2,1-2H3,(H2,31,32,33,34). The molecule has 0 spiro atoms. The van der Waals surface area contributed by atoms with Gasteiger partial charge in [0.05, 0.1) is 28.9 Å². The van der Waals surface area contributed by atoms with E-state index in [-0.39, 0.29) is 4.90 Å². The second kappa shape index (κ2) is 10.9. The van der Waals surface area contributed by atoms with E-state index in [0.29, 0.717) is 29.2 Å². The Labute approximate surface area is 235 Å². The molecule has 3 aromatic carbocycles. The Kier molecular flexibility index (Phi) is 7.20. The van der Waals surface area contributed by atoms with E-state index in [2.05, 4.69) is 32.6 Å². The first-order chi connectivity index (χ1) is 19.4. The van der Waals surface area contributed by atoms with Crippen molar-refractivity contribution in [1.82, 2.24) is 14.9 Å². The third-order valence-electron chi connectivity index (χ3n) is 7.81. The van der Waals surface area contributed by atoms with Crippen molar-refractivity contribution in [2.75, 3.05) is 55.1 Å². The molecule has 208 valence electrons. The Hall–Kier alpha value is -3.89. The van der Waals surface area contributed by atoms with Gasteiger partial charge in [-0.15, -0.1) is 0 Å². The molecule has 40 heavy (non-hydrogen) atoms. The largest absolute Gasteiger partial charge is 0.494 e. The number of piperidine rings is 1. The molecule has 0 amide bonds. The Bertz CT molecular complexity index is 1630. The van der Waals surface area contributed by atoms with Crippen molar-refractivity contribution in [3.63, 3.8) is 0 Å². The third-order valence-corrected chi connectivity index (χ3v) is 8.97. The number of ether oxygens (including phenoxy) is 1. The zero-order chi connectivity index (χ0) is 27.7. The van der Waals surface area contributed by atoms with Gasteiger partial charge in [0.25, 0.3) is 0 Å². The van der Waals surface area contributed by atoms with E-state index in [9.17, 15) is 8.42 Å². The summed E-state index contributed by atoms with van der Waals surface area (Å²) in [6.45, 7) is 4.57. The molecule has 2 aliphatic heterocycles. The molecule has 6 rings (SSSR count). The second-order valence-corrected chi connectivity index (χ2v) is 12.4. The summed E-state index contributed by atoms with van der Waals surface area (Å²) >= 11 is 0. The van der Waals surface area contributed by atoms with E-state index < -0.39 is 9.84 Å². The number of nitrogens with zero attached hydrogens (tertiary/aromatic N) is 4. The van der Waals surface area contributed by atoms with Gasteiger partial charge in [-0.1, -0.05) is 24.3 Å². The van der Waals surface area contributed by atoms with Gasteiger partial charge in [-0.05, 0) is 68.8 Å². The number of nitrogens with one attached hydrogen (secondary N) is 2. The van der Waals surface area contributed by atoms with Gasteiger partial charge in [-0.25, -0.2) is 13.4 Å². The minimum absolute atomic E-state index is 0.207. The molecule has 9 nitrogen and oxygen atoms in total. The molecule has 0 radical (unpaired) electrons. The van der Waals surface area contributed by atoms with E-state index in [4.69, 9.17) is 14.7 Å². The van der Waals surface area contributed by atoms with Crippen molar-refractivity contribution in [3.8, 4) is 5.75 Å². The van der Waals surface area contributed by atoms with E-state index in [1.165, 1.54) is 38.6 Å². The molecule has 0 aliphatic carbocycles. The topological polar surface area (TPSA) is 99.7 Å². The van der Waals surface area contributed by atoms with Crippen LogP contribution in [0.3, 0.4) is 0 Å². The second-order valence-electron chi connectivity index (χ2n) is 10.4. The first-order valence-electron chi connectivity index (χ1n) is 13.7. The highest BCUT2D eigenvalue weighted by Gasteiger charge is 2.28. The summed E-state index contributed by atoms with van der Waals surface area (Å²) in [7, 11) is -1.77. The number of hydrogen-bond donors (Lipinski definition) is 2. The number of likely N-dealkylation sites (tertiary alicyclic amines) is 1. The van der Waals surface area contributed by atoms with Gasteiger partial charge in [0.2, 0.25) is 5.95 Å². The summed E-state index contributed by atoms with van der Waals surface area (Å²) in [5.74, 6) is 1.58. The van der Waals surface area contributed by atoms with Crippen LogP contribution in [0.1, 0.15) is 19.3 Å². The highest BCUT2D eigenvalue weighted by molar-refractivity contribution is 7.90. The molecule has 0 unspecified atom stereocenters. The highest BCUT2D eigenvalue weighted by Crippen LogP contribution is 2.35. The van der Waals surface area contributed by atoms with Crippen LogP contribution in [0.15, 0.2) is 71.6 Å². The average molecular weight is 559 g/mol. The monoisotopic (exact) mass is 558 g/mol. The number of anilines is 5. The number of fused-ring (bicyclic) bond motifs is 1. The number of benzene rings is 3. The van der Waals surface area contributed by atoms with Crippen LogP contribution >= 0.6 is 0 Å². The molecule has 4 aromatic rings. The van der Waals surface area contributed by atoms with Gasteiger partial charge >= 0.3 is 0 Å². The Morgan fingerprint density at radius 2 is 1.62 bits per heavy atom. The van der Waals surface area contributed by atoms with Crippen LogP contribution in [0, 0.1) is 0 Å². The van der Waals surface area contributed by atoms with Crippen molar-refractivity contribution in [2.45, 2.75) is 30.2 Å². The van der Waals surface area contributed by atoms with Crippen LogP contribution in [0.4, 0.5) is 28.8 Å². The van der Waals surface area contributed by atoms with Crippen LogP contribution in [0.25, 0.3) is 10.9 Å². The van der Waals surface area contributed by atoms with E-state index in [1.807, 2.05) is 30.3 Å². The number of hydrogen-bond acceptors (Lipinski definition) is 9. The molecule has 2 aliphatic rings. The molecule has 3 heterocycles. The maximum atomic E-state index is 12.4. The fourth-order valence-electron chi connectivity index (χ4n) is 5.54. The molecule has 0 bridgehead atoms. The lowest BCUT2D eigenvalue weighted by molar-refractivity contribution is 0.100. The lowest BCUT2D eigenvalue weighted by Crippen LogP contribution is -2.50. The van der Waals surface area contributed by atoms with Crippen LogP contribution in [-0.2, 0) is 9.84 Å². The summed E-state index contributed by atoms with van der Waals surface area (Å²) in [6, 6.07) is 21.3. The zero-order valence-corrected chi connectivity index (χ0v) is 23.6. The van der Waals surface area contributed by atoms with Crippen LogP contribution < -0.4 is 20.3 Å². The van der Waals surface area contributed by atoms with Crippen molar-refractivity contribution in [1.29, 1.82) is 0 Å². The quantitative estimate of drug-likeness (QED) is 0.302. The van der Waals surface area contributed by atoms with Gasteiger partial charge in [0.1, 0.15) is 11.6 Å². The molecular formula is C30H34N6O3S. The van der Waals surface area contributed by atoms with Crippen molar-refractivity contribution < 1.29 is 13.2 Å². The highest BCUT2D eigenvalue weighted by atomic mass is 32.2. The van der Waals surface area contributed by atoms with Crippen molar-refractivity contribution >= 4 is 49.6 Å². The first kappa shape index (κ1) is 26.3. The third kappa shape index (κ3) is 5.41. The van der Waals surface area contributed by atoms with E-state index in [0.717, 1.165) is 35.4 Å². The summed E-state index contributed by atoms with van der Waals surface area (Å²) in [5, 5.41) is 7.34. The lowest BCUT2D eigenvalue weighted by Gasteiger charge is -2.43. The van der Waals surface area contributed by atoms with E-state index in [1.54, 1.807) is 31.4 Å². The fraction of sp³-hybridized carbons (Fsp3) is 0.333. The summed E-state index contributed by atoms with van der Waals surface area (Å²) in [5.41, 5.74) is 3.07. The normalized spacial score (nSPS) is 16.5. The first-order valence-corrected chi connectivity index (χ1v) is 15.5. The zero-order valence-electron chi connectivity index (χ0n) is 22.8. The molecule has 0 saturated carbocycles. The minimum Gasteiger partial charge on any atom is -0.494 e. The van der Waals surface area contributed by atoms with E-state index >= 15 is 0 Å². The minimum atomic E-state index is -3.44. The average Bonchev–Trinajstić information content (AvgIpc) is 2.92. The Balaban J connectivity index is 1.27. The Morgan fingerprint density at radius 1 is 0.875 bits per heavy atom. The lowest BCUT2D eigenvalue weighted by atomic mass is 9.99. The summed E-state index contributed by atoms with van der Waals surface area (Å²) in [6.07, 6.45) is 4.90. The molecular weight excluding hydrogens is 524 g/mol. The van der Waals surface area contributed by atoms with Gasteiger partial charge in [0, 0.05) is 42.5 Å². The molecule has 1 aromatic heterocycles. The molecule has 2 N–H and O–H groups in total. The number of rotatable bonds is 8. The van der Waals surface area contributed by atoms with Crippen LogP contribution in [0.2, 0.25) is 0 Å². The fourth-order valence-corrected chi connectivity index (χ4v) is 6.39. The number of methoxy groups -OCH3 is 1. The van der Waals surface area contributed by atoms with Crippen LogP contribution in [-0.4, -0.2) is 68.9 Å². The molecule has 2 fully saturated rings. The predicted octanol–water partition coefficient (Wildman–Crippen LogP) is 5.20. The molecule has 2 saturated heterocycles. The summed E-state index contributed by atoms with van der Waals surface area (Å²) < 4.78 is 30.5. The van der Waals surface area contributed by atoms with Crippen molar-refractivity contribution in [2.24, 2.45) is 0 Å².